The molecule has 5 heteroatoms. The summed E-state index contributed by atoms with van der Waals surface area (Å²) in [7, 11) is 0. The summed E-state index contributed by atoms with van der Waals surface area (Å²) in [6, 6.07) is 8.24. The first-order valence-corrected chi connectivity index (χ1v) is 9.25. The number of hydrogen-bond donors (Lipinski definition) is 0. The van der Waals surface area contributed by atoms with E-state index in [2.05, 4.69) is 33.9 Å². The number of rotatable bonds is 4. The van der Waals surface area contributed by atoms with Crippen molar-refractivity contribution in [2.24, 2.45) is 0 Å². The highest BCUT2D eigenvalue weighted by Crippen LogP contribution is 2.32. The molecule has 0 N–H and O–H groups in total. The predicted molar refractivity (Wildman–Crippen MR) is 97.1 cm³/mol. The van der Waals surface area contributed by atoms with Gasteiger partial charge in [-0.15, -0.1) is 0 Å². The summed E-state index contributed by atoms with van der Waals surface area (Å²) in [4.78, 5) is 11.5. The van der Waals surface area contributed by atoms with Crippen molar-refractivity contribution < 1.29 is 9.47 Å². The topological polar surface area (TPSA) is 47.5 Å². The molecule has 132 valence electrons. The standard InChI is InChI=1S/C20H25N3O2/c1-2-10-24-16-7-5-9-23(12-16)20-17-11-15-6-3-4-8-19(15)25-13-18(17)21-14-22-20/h3-4,6,8,14,16H,2,5,7,9-13H2,1H3. The van der Waals surface area contributed by atoms with Crippen LogP contribution in [0.15, 0.2) is 30.6 Å². The molecule has 1 unspecified atom stereocenters. The summed E-state index contributed by atoms with van der Waals surface area (Å²) < 4.78 is 12.0. The van der Waals surface area contributed by atoms with E-state index in [0.29, 0.717) is 12.7 Å². The van der Waals surface area contributed by atoms with Gasteiger partial charge in [0.1, 0.15) is 24.5 Å². The molecule has 5 nitrogen and oxygen atoms in total. The van der Waals surface area contributed by atoms with Crippen LogP contribution in [0.5, 0.6) is 5.75 Å². The average molecular weight is 339 g/mol. The van der Waals surface area contributed by atoms with Gasteiger partial charge in [-0.3, -0.25) is 0 Å². The van der Waals surface area contributed by atoms with Crippen molar-refractivity contribution in [3.8, 4) is 5.75 Å². The maximum atomic E-state index is 6.00. The molecule has 1 aromatic heterocycles. The lowest BCUT2D eigenvalue weighted by atomic mass is 10.0. The van der Waals surface area contributed by atoms with Crippen molar-refractivity contribution >= 4 is 5.82 Å². The second-order valence-electron chi connectivity index (χ2n) is 6.78. The molecule has 0 spiro atoms. The minimum Gasteiger partial charge on any atom is -0.487 e. The maximum absolute atomic E-state index is 6.00. The van der Waals surface area contributed by atoms with Crippen LogP contribution in [-0.4, -0.2) is 35.8 Å². The lowest BCUT2D eigenvalue weighted by Crippen LogP contribution is -2.41. The number of nitrogens with zero attached hydrogens (tertiary/aromatic N) is 3. The van der Waals surface area contributed by atoms with Gasteiger partial charge in [0.2, 0.25) is 0 Å². The molecule has 2 aliphatic heterocycles. The van der Waals surface area contributed by atoms with Crippen molar-refractivity contribution in [1.82, 2.24) is 9.97 Å². The molecule has 0 bridgehead atoms. The van der Waals surface area contributed by atoms with Crippen molar-refractivity contribution in [3.05, 3.63) is 47.4 Å². The molecule has 0 aliphatic carbocycles. The van der Waals surface area contributed by atoms with Crippen LogP contribution in [0.2, 0.25) is 0 Å². The third-order valence-corrected chi connectivity index (χ3v) is 4.95. The number of anilines is 1. The normalized spacial score (nSPS) is 19.6. The van der Waals surface area contributed by atoms with E-state index < -0.39 is 0 Å². The minimum absolute atomic E-state index is 0.300. The lowest BCUT2D eigenvalue weighted by molar-refractivity contribution is 0.0439. The Labute approximate surface area is 149 Å². The maximum Gasteiger partial charge on any atom is 0.135 e. The molecule has 25 heavy (non-hydrogen) atoms. The SMILES string of the molecule is CCCOC1CCCN(c2ncnc3c2Cc2ccccc2OC3)C1. The number of benzene rings is 1. The van der Waals surface area contributed by atoms with E-state index in [-0.39, 0.29) is 0 Å². The van der Waals surface area contributed by atoms with Crippen LogP contribution in [0.25, 0.3) is 0 Å². The first-order valence-electron chi connectivity index (χ1n) is 9.25. The zero-order valence-corrected chi connectivity index (χ0v) is 14.8. The average Bonchev–Trinajstić information content (AvgIpc) is 2.85. The highest BCUT2D eigenvalue weighted by Gasteiger charge is 2.26. The second-order valence-corrected chi connectivity index (χ2v) is 6.78. The Hall–Kier alpha value is -2.14. The fraction of sp³-hybridized carbons (Fsp3) is 0.500. The molecular weight excluding hydrogens is 314 g/mol. The van der Waals surface area contributed by atoms with E-state index in [4.69, 9.17) is 9.47 Å². The van der Waals surface area contributed by atoms with E-state index in [1.165, 1.54) is 11.1 Å². The molecule has 0 saturated carbocycles. The van der Waals surface area contributed by atoms with E-state index in [0.717, 1.165) is 62.6 Å². The molecule has 1 fully saturated rings. The van der Waals surface area contributed by atoms with Crippen LogP contribution in [0, 0.1) is 0 Å². The number of aromatic nitrogens is 2. The Morgan fingerprint density at radius 2 is 2.20 bits per heavy atom. The van der Waals surface area contributed by atoms with Gasteiger partial charge in [0.05, 0.1) is 11.8 Å². The first-order chi connectivity index (χ1) is 12.3. The van der Waals surface area contributed by atoms with Crippen molar-refractivity contribution in [2.45, 2.75) is 45.3 Å². The highest BCUT2D eigenvalue weighted by molar-refractivity contribution is 5.53. The number of hydrogen-bond acceptors (Lipinski definition) is 5. The van der Waals surface area contributed by atoms with Gasteiger partial charge in [-0.1, -0.05) is 25.1 Å². The molecule has 1 saturated heterocycles. The van der Waals surface area contributed by atoms with Gasteiger partial charge in [0.25, 0.3) is 0 Å². The molecule has 3 heterocycles. The van der Waals surface area contributed by atoms with Gasteiger partial charge in [-0.25, -0.2) is 9.97 Å². The Kier molecular flexibility index (Phi) is 4.83. The van der Waals surface area contributed by atoms with E-state index >= 15 is 0 Å². The summed E-state index contributed by atoms with van der Waals surface area (Å²) in [5.74, 6) is 2.00. The fourth-order valence-corrected chi connectivity index (χ4v) is 3.69. The van der Waals surface area contributed by atoms with Crippen molar-refractivity contribution in [2.75, 3.05) is 24.6 Å². The van der Waals surface area contributed by atoms with E-state index in [1.807, 2.05) is 12.1 Å². The Morgan fingerprint density at radius 3 is 3.12 bits per heavy atom. The number of ether oxygens (including phenoxy) is 2. The van der Waals surface area contributed by atoms with Crippen LogP contribution < -0.4 is 9.64 Å². The van der Waals surface area contributed by atoms with Crippen LogP contribution in [-0.2, 0) is 17.8 Å². The summed E-state index contributed by atoms with van der Waals surface area (Å²) in [6.45, 7) is 5.43. The van der Waals surface area contributed by atoms with Gasteiger partial charge >= 0.3 is 0 Å². The Balaban J connectivity index is 1.62. The zero-order chi connectivity index (χ0) is 17.1. The van der Waals surface area contributed by atoms with E-state index in [9.17, 15) is 0 Å². The van der Waals surface area contributed by atoms with Crippen LogP contribution in [0.3, 0.4) is 0 Å². The smallest absolute Gasteiger partial charge is 0.135 e. The molecule has 1 atom stereocenters. The third kappa shape index (κ3) is 3.47. The first kappa shape index (κ1) is 16.3. The van der Waals surface area contributed by atoms with Gasteiger partial charge in [-0.2, -0.15) is 0 Å². The van der Waals surface area contributed by atoms with Gasteiger partial charge < -0.3 is 14.4 Å². The van der Waals surface area contributed by atoms with Crippen LogP contribution in [0.1, 0.15) is 43.0 Å². The quantitative estimate of drug-likeness (QED) is 0.855. The number of para-hydroxylation sites is 1. The zero-order valence-electron chi connectivity index (χ0n) is 14.8. The third-order valence-electron chi connectivity index (χ3n) is 4.95. The highest BCUT2D eigenvalue weighted by atomic mass is 16.5. The van der Waals surface area contributed by atoms with E-state index in [1.54, 1.807) is 6.33 Å². The molecule has 1 aromatic carbocycles. The molecule has 0 amide bonds. The largest absolute Gasteiger partial charge is 0.487 e. The molecule has 0 radical (unpaired) electrons. The number of fused-ring (bicyclic) bond motifs is 2. The summed E-state index contributed by atoms with van der Waals surface area (Å²) in [6.07, 6.45) is 6.13. The van der Waals surface area contributed by atoms with Crippen LogP contribution in [0.4, 0.5) is 5.82 Å². The lowest BCUT2D eigenvalue weighted by Gasteiger charge is -2.34. The van der Waals surface area contributed by atoms with Gasteiger partial charge in [0.15, 0.2) is 0 Å². The summed E-state index contributed by atoms with van der Waals surface area (Å²) >= 11 is 0. The van der Waals surface area contributed by atoms with Crippen molar-refractivity contribution in [3.63, 3.8) is 0 Å². The molecular formula is C20H25N3O2. The number of piperidine rings is 1. The Morgan fingerprint density at radius 1 is 1.28 bits per heavy atom. The van der Waals surface area contributed by atoms with Crippen molar-refractivity contribution in [1.29, 1.82) is 0 Å². The molecule has 2 aromatic rings. The predicted octanol–water partition coefficient (Wildman–Crippen LogP) is 3.36. The summed E-state index contributed by atoms with van der Waals surface area (Å²) in [5.41, 5.74) is 3.40. The molecule has 2 aliphatic rings. The monoisotopic (exact) mass is 339 g/mol. The molecule has 4 rings (SSSR count). The summed E-state index contributed by atoms with van der Waals surface area (Å²) in [5, 5.41) is 0. The minimum atomic E-state index is 0.300. The van der Waals surface area contributed by atoms with Crippen LogP contribution >= 0.6 is 0 Å². The van der Waals surface area contributed by atoms with Gasteiger partial charge in [0, 0.05) is 31.7 Å². The Bertz CT molecular complexity index is 735. The fourth-order valence-electron chi connectivity index (χ4n) is 3.69. The van der Waals surface area contributed by atoms with Gasteiger partial charge in [-0.05, 0) is 30.9 Å². The second kappa shape index (κ2) is 7.40.